The third kappa shape index (κ3) is 1.94. The average Bonchev–Trinajstić information content (AvgIpc) is 2.41. The number of allylic oxidation sites excluding steroid dienone is 1. The van der Waals surface area contributed by atoms with Crippen LogP contribution in [-0.2, 0) is 0 Å². The van der Waals surface area contributed by atoms with Gasteiger partial charge in [-0.3, -0.25) is 0 Å². The SMILES string of the molecule is C=C[CH]C1C2CCC(CC2)C1c1ccccc1. The van der Waals surface area contributed by atoms with Crippen molar-refractivity contribution in [2.45, 2.75) is 31.6 Å². The number of benzene rings is 1. The molecule has 0 heterocycles. The molecule has 0 aromatic heterocycles. The van der Waals surface area contributed by atoms with Crippen LogP contribution in [0.1, 0.15) is 37.2 Å². The molecule has 4 rings (SSSR count). The van der Waals surface area contributed by atoms with Crippen LogP contribution in [-0.4, -0.2) is 0 Å². The Morgan fingerprint density at radius 1 is 0.941 bits per heavy atom. The van der Waals surface area contributed by atoms with Gasteiger partial charge >= 0.3 is 0 Å². The van der Waals surface area contributed by atoms with Crippen molar-refractivity contribution in [3.8, 4) is 0 Å². The summed E-state index contributed by atoms with van der Waals surface area (Å²) in [6.07, 6.45) is 10.1. The van der Waals surface area contributed by atoms with Gasteiger partial charge in [-0.05, 0) is 61.3 Å². The van der Waals surface area contributed by atoms with E-state index >= 15 is 0 Å². The molecule has 3 aliphatic carbocycles. The van der Waals surface area contributed by atoms with Crippen LogP contribution in [0.2, 0.25) is 0 Å². The van der Waals surface area contributed by atoms with Crippen LogP contribution in [0, 0.1) is 24.2 Å². The summed E-state index contributed by atoms with van der Waals surface area (Å²) in [5.74, 6) is 3.30. The molecule has 0 heteroatoms. The molecule has 0 N–H and O–H groups in total. The lowest BCUT2D eigenvalue weighted by Gasteiger charge is -2.49. The molecule has 0 saturated heterocycles. The highest BCUT2D eigenvalue weighted by atomic mass is 14.5. The predicted octanol–water partition coefficient (Wildman–Crippen LogP) is 4.60. The van der Waals surface area contributed by atoms with Gasteiger partial charge in [-0.25, -0.2) is 0 Å². The number of hydrogen-bond donors (Lipinski definition) is 0. The molecule has 2 unspecified atom stereocenters. The largest absolute Gasteiger partial charge is 0.103 e. The number of fused-ring (bicyclic) bond motifs is 3. The molecule has 0 aliphatic heterocycles. The Bertz CT molecular complexity index is 370. The topological polar surface area (TPSA) is 0 Å². The Labute approximate surface area is 105 Å². The first kappa shape index (κ1) is 11.1. The van der Waals surface area contributed by atoms with E-state index in [1.54, 1.807) is 5.56 Å². The highest BCUT2D eigenvalue weighted by Crippen LogP contribution is 2.54. The Kier molecular flexibility index (Phi) is 3.05. The lowest BCUT2D eigenvalue weighted by atomic mass is 9.56. The van der Waals surface area contributed by atoms with E-state index in [0.717, 1.165) is 23.7 Å². The van der Waals surface area contributed by atoms with E-state index in [1.165, 1.54) is 25.7 Å². The molecular formula is C17H21. The van der Waals surface area contributed by atoms with Gasteiger partial charge in [-0.1, -0.05) is 36.4 Å². The molecule has 3 aliphatic rings. The van der Waals surface area contributed by atoms with E-state index in [9.17, 15) is 0 Å². The van der Waals surface area contributed by atoms with Crippen molar-refractivity contribution in [2.75, 3.05) is 0 Å². The van der Waals surface area contributed by atoms with Crippen molar-refractivity contribution < 1.29 is 0 Å². The molecule has 0 spiro atoms. The molecule has 1 aromatic carbocycles. The van der Waals surface area contributed by atoms with Crippen molar-refractivity contribution in [1.82, 2.24) is 0 Å². The summed E-state index contributed by atoms with van der Waals surface area (Å²) in [6.45, 7) is 3.91. The van der Waals surface area contributed by atoms with Crippen LogP contribution in [0.3, 0.4) is 0 Å². The maximum Gasteiger partial charge on any atom is -0.00968 e. The molecule has 3 fully saturated rings. The second kappa shape index (κ2) is 4.68. The molecule has 89 valence electrons. The van der Waals surface area contributed by atoms with Gasteiger partial charge < -0.3 is 0 Å². The van der Waals surface area contributed by atoms with E-state index in [4.69, 9.17) is 0 Å². The third-order valence-corrected chi connectivity index (χ3v) is 4.83. The first-order chi connectivity index (χ1) is 8.40. The molecule has 0 amide bonds. The van der Waals surface area contributed by atoms with Gasteiger partial charge in [0.2, 0.25) is 0 Å². The average molecular weight is 225 g/mol. The summed E-state index contributed by atoms with van der Waals surface area (Å²) in [5.41, 5.74) is 1.55. The Morgan fingerprint density at radius 3 is 2.24 bits per heavy atom. The van der Waals surface area contributed by atoms with Gasteiger partial charge in [0.1, 0.15) is 0 Å². The molecule has 1 aromatic rings. The minimum atomic E-state index is 0.738. The van der Waals surface area contributed by atoms with E-state index in [1.807, 2.05) is 6.08 Å². The quantitative estimate of drug-likeness (QED) is 0.705. The standard InChI is InChI=1S/C17H21/c1-2-6-16-13-9-11-15(12-10-13)17(16)14-7-4-3-5-8-14/h2-8,13,15-17H,1,9-12H2. The first-order valence-corrected chi connectivity index (χ1v) is 6.91. The highest BCUT2D eigenvalue weighted by Gasteiger charge is 2.43. The van der Waals surface area contributed by atoms with Gasteiger partial charge in [0, 0.05) is 0 Å². The van der Waals surface area contributed by atoms with E-state index in [0.29, 0.717) is 0 Å². The molecule has 2 bridgehead atoms. The molecule has 1 radical (unpaired) electrons. The third-order valence-electron chi connectivity index (χ3n) is 4.83. The smallest absolute Gasteiger partial charge is 0.00968 e. The van der Waals surface area contributed by atoms with Gasteiger partial charge in [0.25, 0.3) is 0 Å². The summed E-state index contributed by atoms with van der Waals surface area (Å²) >= 11 is 0. The second-order valence-electron chi connectivity index (χ2n) is 5.62. The molecule has 2 atom stereocenters. The number of hydrogen-bond acceptors (Lipinski definition) is 0. The van der Waals surface area contributed by atoms with Crippen molar-refractivity contribution in [1.29, 1.82) is 0 Å². The van der Waals surface area contributed by atoms with Crippen LogP contribution in [0.5, 0.6) is 0 Å². The zero-order valence-corrected chi connectivity index (χ0v) is 10.4. The summed E-state index contributed by atoms with van der Waals surface area (Å²) in [4.78, 5) is 0. The minimum absolute atomic E-state index is 0.738. The zero-order chi connectivity index (χ0) is 11.7. The fraction of sp³-hybridized carbons (Fsp3) is 0.471. The van der Waals surface area contributed by atoms with Gasteiger partial charge in [0.05, 0.1) is 0 Å². The maximum absolute atomic E-state index is 3.91. The van der Waals surface area contributed by atoms with Crippen LogP contribution in [0.25, 0.3) is 0 Å². The van der Waals surface area contributed by atoms with E-state index in [-0.39, 0.29) is 0 Å². The van der Waals surface area contributed by atoms with Gasteiger partial charge in [0.15, 0.2) is 0 Å². The lowest BCUT2D eigenvalue weighted by molar-refractivity contribution is 0.0895. The van der Waals surface area contributed by atoms with E-state index < -0.39 is 0 Å². The lowest BCUT2D eigenvalue weighted by Crippen LogP contribution is -2.38. The van der Waals surface area contributed by atoms with Crippen LogP contribution >= 0.6 is 0 Å². The van der Waals surface area contributed by atoms with Gasteiger partial charge in [-0.15, -0.1) is 6.58 Å². The highest BCUT2D eigenvalue weighted by molar-refractivity contribution is 5.25. The van der Waals surface area contributed by atoms with Crippen LogP contribution < -0.4 is 0 Å². The maximum atomic E-state index is 3.91. The molecular weight excluding hydrogens is 204 g/mol. The summed E-state index contributed by atoms with van der Waals surface area (Å²) in [7, 11) is 0. The van der Waals surface area contributed by atoms with Crippen molar-refractivity contribution in [3.63, 3.8) is 0 Å². The van der Waals surface area contributed by atoms with Gasteiger partial charge in [-0.2, -0.15) is 0 Å². The Balaban J connectivity index is 1.92. The molecule has 3 saturated carbocycles. The van der Waals surface area contributed by atoms with E-state index in [2.05, 4.69) is 43.3 Å². The Morgan fingerprint density at radius 2 is 1.59 bits per heavy atom. The fourth-order valence-electron chi connectivity index (χ4n) is 4.10. The summed E-state index contributed by atoms with van der Waals surface area (Å²) in [6, 6.07) is 11.1. The van der Waals surface area contributed by atoms with Crippen molar-refractivity contribution in [2.24, 2.45) is 17.8 Å². The predicted molar refractivity (Wildman–Crippen MR) is 72.6 cm³/mol. The first-order valence-electron chi connectivity index (χ1n) is 6.91. The second-order valence-corrected chi connectivity index (χ2v) is 5.62. The summed E-state index contributed by atoms with van der Waals surface area (Å²) in [5, 5.41) is 0. The summed E-state index contributed by atoms with van der Waals surface area (Å²) < 4.78 is 0. The monoisotopic (exact) mass is 225 g/mol. The Hall–Kier alpha value is -1.04. The molecule has 17 heavy (non-hydrogen) atoms. The fourth-order valence-corrected chi connectivity index (χ4v) is 4.10. The van der Waals surface area contributed by atoms with Crippen LogP contribution in [0.15, 0.2) is 43.0 Å². The van der Waals surface area contributed by atoms with Crippen LogP contribution in [0.4, 0.5) is 0 Å². The zero-order valence-electron chi connectivity index (χ0n) is 10.4. The number of rotatable bonds is 3. The minimum Gasteiger partial charge on any atom is -0.103 e. The molecule has 0 nitrogen and oxygen atoms in total. The normalized spacial score (nSPS) is 35.8. The van der Waals surface area contributed by atoms with Crippen molar-refractivity contribution in [3.05, 3.63) is 55.0 Å². The van der Waals surface area contributed by atoms with Crippen molar-refractivity contribution >= 4 is 0 Å².